The number of rotatable bonds is 5. The van der Waals surface area contributed by atoms with Gasteiger partial charge in [-0.3, -0.25) is 9.59 Å². The zero-order chi connectivity index (χ0) is 15.4. The number of hydrogen-bond acceptors (Lipinski definition) is 3. The molecule has 112 valence electrons. The molecule has 0 radical (unpaired) electrons. The number of furan rings is 1. The van der Waals surface area contributed by atoms with Gasteiger partial charge >= 0.3 is 0 Å². The molecule has 0 bridgehead atoms. The van der Waals surface area contributed by atoms with E-state index in [-0.39, 0.29) is 11.8 Å². The third kappa shape index (κ3) is 3.85. The van der Waals surface area contributed by atoms with E-state index in [1.807, 2.05) is 0 Å². The van der Waals surface area contributed by atoms with Crippen molar-refractivity contribution in [3.63, 3.8) is 0 Å². The van der Waals surface area contributed by atoms with Crippen LogP contribution < -0.4 is 10.6 Å². The van der Waals surface area contributed by atoms with Crippen molar-refractivity contribution in [3.8, 4) is 0 Å². The summed E-state index contributed by atoms with van der Waals surface area (Å²) in [7, 11) is 0. The quantitative estimate of drug-likeness (QED) is 0.833. The lowest BCUT2D eigenvalue weighted by molar-refractivity contribution is -0.111. The highest BCUT2D eigenvalue weighted by molar-refractivity contribution is 6.02. The maximum Gasteiger partial charge on any atom is 0.251 e. The van der Waals surface area contributed by atoms with E-state index >= 15 is 0 Å². The van der Waals surface area contributed by atoms with Gasteiger partial charge in [-0.1, -0.05) is 0 Å². The number of carbonyl (C=O) groups excluding carboxylic acids is 2. The molecule has 1 aromatic heterocycles. The van der Waals surface area contributed by atoms with E-state index in [1.165, 1.54) is 6.08 Å². The summed E-state index contributed by atoms with van der Waals surface area (Å²) < 4.78 is 5.10. The molecule has 1 aliphatic carbocycles. The summed E-state index contributed by atoms with van der Waals surface area (Å²) in [5.74, 6) is 0.284. The van der Waals surface area contributed by atoms with Crippen LogP contribution >= 0.6 is 0 Å². The fourth-order valence-electron chi connectivity index (χ4n) is 1.93. The summed E-state index contributed by atoms with van der Waals surface area (Å²) in [6.45, 7) is 0. The van der Waals surface area contributed by atoms with Crippen LogP contribution in [-0.2, 0) is 4.79 Å². The van der Waals surface area contributed by atoms with Gasteiger partial charge in [-0.2, -0.15) is 0 Å². The summed E-state index contributed by atoms with van der Waals surface area (Å²) in [6.07, 6.45) is 6.64. The molecule has 0 spiro atoms. The first-order valence-electron chi connectivity index (χ1n) is 7.14. The van der Waals surface area contributed by atoms with Crippen molar-refractivity contribution in [1.82, 2.24) is 5.32 Å². The van der Waals surface area contributed by atoms with E-state index in [4.69, 9.17) is 4.42 Å². The summed E-state index contributed by atoms with van der Waals surface area (Å²) in [6, 6.07) is 10.7. The predicted molar refractivity (Wildman–Crippen MR) is 83.3 cm³/mol. The third-order valence-corrected chi connectivity index (χ3v) is 3.27. The lowest BCUT2D eigenvalue weighted by atomic mass is 10.2. The van der Waals surface area contributed by atoms with Crippen molar-refractivity contribution in [3.05, 3.63) is 60.1 Å². The van der Waals surface area contributed by atoms with E-state index in [2.05, 4.69) is 10.6 Å². The Labute approximate surface area is 128 Å². The van der Waals surface area contributed by atoms with Gasteiger partial charge in [-0.25, -0.2) is 0 Å². The molecule has 3 rings (SSSR count). The number of benzene rings is 1. The Hall–Kier alpha value is -2.82. The van der Waals surface area contributed by atoms with Crippen molar-refractivity contribution in [2.45, 2.75) is 18.9 Å². The highest BCUT2D eigenvalue weighted by Gasteiger charge is 2.23. The second kappa shape index (κ2) is 6.30. The smallest absolute Gasteiger partial charge is 0.251 e. The van der Waals surface area contributed by atoms with Crippen LogP contribution in [-0.4, -0.2) is 17.9 Å². The van der Waals surface area contributed by atoms with Crippen LogP contribution in [0.25, 0.3) is 6.08 Å². The molecule has 0 atom stereocenters. The van der Waals surface area contributed by atoms with Crippen LogP contribution in [0, 0.1) is 0 Å². The zero-order valence-corrected chi connectivity index (χ0v) is 11.9. The predicted octanol–water partition coefficient (Wildman–Crippen LogP) is 2.82. The fraction of sp³-hybridized carbons (Fsp3) is 0.176. The van der Waals surface area contributed by atoms with Gasteiger partial charge in [-0.05, 0) is 55.3 Å². The van der Waals surface area contributed by atoms with Crippen LogP contribution in [0.4, 0.5) is 5.69 Å². The standard InChI is InChI=1S/C17H16N2O3/c20-16(10-9-15-2-1-11-22-15)18-13-5-3-12(4-6-13)17(21)19-14-7-8-14/h1-6,9-11,14H,7-8H2,(H,18,20)(H,19,21)/b10-9+. The topological polar surface area (TPSA) is 71.3 Å². The number of hydrogen-bond donors (Lipinski definition) is 2. The molecule has 1 heterocycles. The van der Waals surface area contributed by atoms with Gasteiger partial charge in [0, 0.05) is 23.4 Å². The molecule has 1 aromatic carbocycles. The third-order valence-electron chi connectivity index (χ3n) is 3.27. The lowest BCUT2D eigenvalue weighted by Crippen LogP contribution is -2.25. The molecule has 2 aromatic rings. The normalized spacial score (nSPS) is 14.0. The molecular formula is C17H16N2O3. The van der Waals surface area contributed by atoms with Crippen LogP contribution in [0.5, 0.6) is 0 Å². The average molecular weight is 296 g/mol. The maximum absolute atomic E-state index is 11.8. The summed E-state index contributed by atoms with van der Waals surface area (Å²) in [5.41, 5.74) is 1.23. The Kier molecular flexibility index (Phi) is 4.05. The van der Waals surface area contributed by atoms with E-state index in [0.29, 0.717) is 23.1 Å². The van der Waals surface area contributed by atoms with Gasteiger partial charge in [0.15, 0.2) is 0 Å². The fourth-order valence-corrected chi connectivity index (χ4v) is 1.93. The van der Waals surface area contributed by atoms with Crippen molar-refractivity contribution >= 4 is 23.6 Å². The van der Waals surface area contributed by atoms with Gasteiger partial charge in [0.25, 0.3) is 5.91 Å². The highest BCUT2D eigenvalue weighted by Crippen LogP contribution is 2.19. The summed E-state index contributed by atoms with van der Waals surface area (Å²) in [5, 5.41) is 5.64. The van der Waals surface area contributed by atoms with Crippen molar-refractivity contribution < 1.29 is 14.0 Å². The monoisotopic (exact) mass is 296 g/mol. The highest BCUT2D eigenvalue weighted by atomic mass is 16.3. The molecule has 1 aliphatic rings. The molecule has 22 heavy (non-hydrogen) atoms. The average Bonchev–Trinajstić information content (AvgIpc) is 3.17. The van der Waals surface area contributed by atoms with Gasteiger partial charge < -0.3 is 15.1 Å². The summed E-state index contributed by atoms with van der Waals surface area (Å²) >= 11 is 0. The van der Waals surface area contributed by atoms with E-state index < -0.39 is 0 Å². The molecule has 1 saturated carbocycles. The molecule has 0 unspecified atom stereocenters. The Morgan fingerprint density at radius 2 is 1.91 bits per heavy atom. The lowest BCUT2D eigenvalue weighted by Gasteiger charge is -2.05. The second-order valence-corrected chi connectivity index (χ2v) is 5.16. The first-order chi connectivity index (χ1) is 10.7. The van der Waals surface area contributed by atoms with Crippen LogP contribution in [0.1, 0.15) is 29.0 Å². The molecular weight excluding hydrogens is 280 g/mol. The molecule has 1 fully saturated rings. The minimum atomic E-state index is -0.258. The number of nitrogens with one attached hydrogen (secondary N) is 2. The van der Waals surface area contributed by atoms with Crippen molar-refractivity contribution in [1.29, 1.82) is 0 Å². The largest absolute Gasteiger partial charge is 0.465 e. The summed E-state index contributed by atoms with van der Waals surface area (Å²) in [4.78, 5) is 23.6. The van der Waals surface area contributed by atoms with Gasteiger partial charge in [-0.15, -0.1) is 0 Å². The second-order valence-electron chi connectivity index (χ2n) is 5.16. The molecule has 0 saturated heterocycles. The minimum absolute atomic E-state index is 0.0712. The Bertz CT molecular complexity index is 683. The maximum atomic E-state index is 11.8. The van der Waals surface area contributed by atoms with E-state index in [0.717, 1.165) is 12.8 Å². The van der Waals surface area contributed by atoms with E-state index in [9.17, 15) is 9.59 Å². The Balaban J connectivity index is 1.55. The number of anilines is 1. The Morgan fingerprint density at radius 1 is 1.14 bits per heavy atom. The zero-order valence-electron chi connectivity index (χ0n) is 11.9. The number of carbonyl (C=O) groups is 2. The Morgan fingerprint density at radius 3 is 2.55 bits per heavy atom. The van der Waals surface area contributed by atoms with Gasteiger partial charge in [0.2, 0.25) is 5.91 Å². The van der Waals surface area contributed by atoms with Gasteiger partial charge in [0.1, 0.15) is 5.76 Å². The van der Waals surface area contributed by atoms with Crippen molar-refractivity contribution in [2.75, 3.05) is 5.32 Å². The molecule has 0 aliphatic heterocycles. The van der Waals surface area contributed by atoms with Crippen LogP contribution in [0.15, 0.2) is 53.2 Å². The van der Waals surface area contributed by atoms with Crippen LogP contribution in [0.3, 0.4) is 0 Å². The van der Waals surface area contributed by atoms with E-state index in [1.54, 1.807) is 48.7 Å². The minimum Gasteiger partial charge on any atom is -0.465 e. The van der Waals surface area contributed by atoms with Gasteiger partial charge in [0.05, 0.1) is 6.26 Å². The molecule has 5 heteroatoms. The first-order valence-corrected chi connectivity index (χ1v) is 7.14. The van der Waals surface area contributed by atoms with Crippen molar-refractivity contribution in [2.24, 2.45) is 0 Å². The molecule has 5 nitrogen and oxygen atoms in total. The molecule has 2 amide bonds. The SMILES string of the molecule is O=C(/C=C/c1ccco1)Nc1ccc(C(=O)NC2CC2)cc1. The number of amides is 2. The van der Waals surface area contributed by atoms with Crippen LogP contribution in [0.2, 0.25) is 0 Å². The molecule has 2 N–H and O–H groups in total. The first kappa shape index (κ1) is 14.1.